The molecule has 1 aromatic heterocycles. The molecule has 5 nitrogen and oxygen atoms in total. The van der Waals surface area contributed by atoms with Crippen molar-refractivity contribution in [2.24, 2.45) is 0 Å². The molecule has 0 radical (unpaired) electrons. The second kappa shape index (κ2) is 6.59. The zero-order valence-corrected chi connectivity index (χ0v) is 13.5. The smallest absolute Gasteiger partial charge is 0.272 e. The molecular weight excluding hydrogens is 316 g/mol. The number of halogens is 2. The Morgan fingerprint density at radius 3 is 2.58 bits per heavy atom. The number of aromatic nitrogens is 2. The van der Waals surface area contributed by atoms with Crippen molar-refractivity contribution >= 4 is 5.91 Å². The van der Waals surface area contributed by atoms with E-state index in [4.69, 9.17) is 4.74 Å². The van der Waals surface area contributed by atoms with Crippen LogP contribution in [0.1, 0.15) is 41.0 Å². The van der Waals surface area contributed by atoms with Crippen LogP contribution in [0.15, 0.2) is 18.2 Å². The van der Waals surface area contributed by atoms with Crippen molar-refractivity contribution in [2.45, 2.75) is 45.3 Å². The third kappa shape index (κ3) is 3.39. The van der Waals surface area contributed by atoms with Crippen LogP contribution in [0.4, 0.5) is 8.78 Å². The first-order valence-corrected chi connectivity index (χ1v) is 7.89. The number of hydrogen-bond acceptors (Lipinski definition) is 3. The van der Waals surface area contributed by atoms with E-state index in [1.165, 1.54) is 0 Å². The van der Waals surface area contributed by atoms with Crippen molar-refractivity contribution in [1.29, 1.82) is 0 Å². The lowest BCUT2D eigenvalue weighted by molar-refractivity contribution is 0.0887. The van der Waals surface area contributed by atoms with Crippen LogP contribution in [0.25, 0.3) is 0 Å². The monoisotopic (exact) mass is 335 g/mol. The van der Waals surface area contributed by atoms with E-state index in [-0.39, 0.29) is 23.8 Å². The summed E-state index contributed by atoms with van der Waals surface area (Å²) in [7, 11) is 0. The highest BCUT2D eigenvalue weighted by atomic mass is 19.1. The fraction of sp³-hybridized carbons (Fsp3) is 0.412. The number of aromatic amines is 1. The van der Waals surface area contributed by atoms with Crippen LogP contribution in [0.3, 0.4) is 0 Å². The van der Waals surface area contributed by atoms with Crippen LogP contribution in [0.5, 0.6) is 5.75 Å². The van der Waals surface area contributed by atoms with Crippen LogP contribution in [0.2, 0.25) is 0 Å². The minimum absolute atomic E-state index is 0.130. The molecule has 2 aromatic rings. The molecule has 1 fully saturated rings. The first-order chi connectivity index (χ1) is 11.4. The van der Waals surface area contributed by atoms with Crippen molar-refractivity contribution < 1.29 is 18.3 Å². The molecule has 128 valence electrons. The zero-order chi connectivity index (χ0) is 17.3. The van der Waals surface area contributed by atoms with Crippen LogP contribution in [-0.4, -0.2) is 28.3 Å². The van der Waals surface area contributed by atoms with Crippen molar-refractivity contribution in [3.05, 3.63) is 46.8 Å². The SMILES string of the molecule is Cc1[nH]nc(C(=O)N[C@H]2CCC[C@H]2Oc2cc(F)cc(F)c2)c1C. The summed E-state index contributed by atoms with van der Waals surface area (Å²) in [6.45, 7) is 3.67. The van der Waals surface area contributed by atoms with Gasteiger partial charge in [-0.05, 0) is 33.1 Å². The van der Waals surface area contributed by atoms with Gasteiger partial charge >= 0.3 is 0 Å². The molecule has 3 rings (SSSR count). The van der Waals surface area contributed by atoms with Gasteiger partial charge in [-0.1, -0.05) is 0 Å². The molecule has 7 heteroatoms. The average molecular weight is 335 g/mol. The number of hydrogen-bond donors (Lipinski definition) is 2. The number of amides is 1. The van der Waals surface area contributed by atoms with Crippen molar-refractivity contribution in [3.8, 4) is 5.75 Å². The van der Waals surface area contributed by atoms with Crippen molar-refractivity contribution in [1.82, 2.24) is 15.5 Å². The maximum Gasteiger partial charge on any atom is 0.272 e. The van der Waals surface area contributed by atoms with E-state index in [1.54, 1.807) is 0 Å². The Balaban J connectivity index is 1.69. The lowest BCUT2D eigenvalue weighted by atomic mass is 10.1. The summed E-state index contributed by atoms with van der Waals surface area (Å²) in [5.41, 5.74) is 2.00. The van der Waals surface area contributed by atoms with E-state index in [1.807, 2.05) is 13.8 Å². The quantitative estimate of drug-likeness (QED) is 0.902. The first kappa shape index (κ1) is 16.4. The van der Waals surface area contributed by atoms with Gasteiger partial charge in [-0.25, -0.2) is 8.78 Å². The maximum absolute atomic E-state index is 13.3. The minimum atomic E-state index is -0.689. The van der Waals surface area contributed by atoms with Crippen molar-refractivity contribution in [3.63, 3.8) is 0 Å². The van der Waals surface area contributed by atoms with Gasteiger partial charge in [0.15, 0.2) is 5.69 Å². The van der Waals surface area contributed by atoms with Gasteiger partial charge in [0.05, 0.1) is 6.04 Å². The third-order valence-electron chi connectivity index (χ3n) is 4.36. The Morgan fingerprint density at radius 1 is 1.25 bits per heavy atom. The van der Waals surface area contributed by atoms with Gasteiger partial charge in [0.1, 0.15) is 23.5 Å². The summed E-state index contributed by atoms with van der Waals surface area (Å²) >= 11 is 0. The molecule has 1 heterocycles. The summed E-state index contributed by atoms with van der Waals surface area (Å²) in [4.78, 5) is 12.4. The Bertz CT molecular complexity index is 740. The number of carbonyl (C=O) groups excluding carboxylic acids is 1. The van der Waals surface area contributed by atoms with Crippen LogP contribution < -0.4 is 10.1 Å². The van der Waals surface area contributed by atoms with E-state index in [0.29, 0.717) is 12.1 Å². The Hall–Kier alpha value is -2.44. The first-order valence-electron chi connectivity index (χ1n) is 7.89. The molecule has 0 aliphatic heterocycles. The topological polar surface area (TPSA) is 67.0 Å². The molecule has 0 spiro atoms. The van der Waals surface area contributed by atoms with Crippen LogP contribution in [-0.2, 0) is 0 Å². The number of nitrogens with zero attached hydrogens (tertiary/aromatic N) is 1. The number of ether oxygens (including phenoxy) is 1. The third-order valence-corrected chi connectivity index (χ3v) is 4.36. The molecule has 24 heavy (non-hydrogen) atoms. The van der Waals surface area contributed by atoms with Gasteiger partial charge < -0.3 is 10.1 Å². The Labute approximate surface area is 138 Å². The van der Waals surface area contributed by atoms with E-state index >= 15 is 0 Å². The highest BCUT2D eigenvalue weighted by Gasteiger charge is 2.31. The lowest BCUT2D eigenvalue weighted by Crippen LogP contribution is -2.42. The molecule has 1 saturated carbocycles. The molecule has 2 N–H and O–H groups in total. The number of nitrogens with one attached hydrogen (secondary N) is 2. The average Bonchev–Trinajstić information content (AvgIpc) is 3.06. The Morgan fingerprint density at radius 2 is 1.96 bits per heavy atom. The van der Waals surface area contributed by atoms with E-state index in [2.05, 4.69) is 15.5 Å². The summed E-state index contributed by atoms with van der Waals surface area (Å²) < 4.78 is 32.3. The van der Waals surface area contributed by atoms with E-state index in [9.17, 15) is 13.6 Å². The standard InChI is InChI=1S/C17H19F2N3O2/c1-9-10(2)21-22-16(9)17(23)20-14-4-3-5-15(14)24-13-7-11(18)6-12(19)8-13/h6-8,14-15H,3-5H2,1-2H3,(H,20,23)(H,21,22)/t14-,15+/m0/s1. The largest absolute Gasteiger partial charge is 0.488 e. The van der Waals surface area contributed by atoms with Crippen molar-refractivity contribution in [2.75, 3.05) is 0 Å². The number of aryl methyl sites for hydroxylation is 1. The molecule has 2 atom stereocenters. The van der Waals surface area contributed by atoms with Gasteiger partial charge in [-0.3, -0.25) is 9.89 Å². The number of rotatable bonds is 4. The second-order valence-corrected chi connectivity index (χ2v) is 6.09. The molecular formula is C17H19F2N3O2. The van der Waals surface area contributed by atoms with E-state index in [0.717, 1.165) is 42.3 Å². The van der Waals surface area contributed by atoms with Gasteiger partial charge in [0.2, 0.25) is 0 Å². The predicted molar refractivity (Wildman–Crippen MR) is 83.9 cm³/mol. The number of benzene rings is 1. The molecule has 1 aliphatic rings. The number of H-pyrrole nitrogens is 1. The van der Waals surface area contributed by atoms with Gasteiger partial charge in [-0.15, -0.1) is 0 Å². The zero-order valence-electron chi connectivity index (χ0n) is 13.5. The van der Waals surface area contributed by atoms with Crippen LogP contribution >= 0.6 is 0 Å². The summed E-state index contributed by atoms with van der Waals surface area (Å²) in [5.74, 6) is -1.52. The maximum atomic E-state index is 13.3. The molecule has 0 saturated heterocycles. The highest BCUT2D eigenvalue weighted by molar-refractivity contribution is 5.94. The molecule has 1 amide bonds. The summed E-state index contributed by atoms with van der Waals surface area (Å²) in [5, 5.41) is 9.71. The highest BCUT2D eigenvalue weighted by Crippen LogP contribution is 2.26. The normalized spacial score (nSPS) is 20.2. The molecule has 1 aromatic carbocycles. The Kier molecular flexibility index (Phi) is 4.51. The van der Waals surface area contributed by atoms with Gasteiger partial charge in [0.25, 0.3) is 5.91 Å². The molecule has 1 aliphatic carbocycles. The molecule has 0 bridgehead atoms. The van der Waals surface area contributed by atoms with Gasteiger partial charge in [0, 0.05) is 29.5 Å². The lowest BCUT2D eigenvalue weighted by Gasteiger charge is -2.22. The number of carbonyl (C=O) groups is 1. The molecule has 0 unspecified atom stereocenters. The second-order valence-electron chi connectivity index (χ2n) is 6.09. The predicted octanol–water partition coefficient (Wildman–Crippen LogP) is 3.03. The fourth-order valence-electron chi connectivity index (χ4n) is 2.95. The summed E-state index contributed by atoms with van der Waals surface area (Å²) in [6.07, 6.45) is 2.00. The minimum Gasteiger partial charge on any atom is -0.488 e. The summed E-state index contributed by atoms with van der Waals surface area (Å²) in [6, 6.07) is 2.85. The van der Waals surface area contributed by atoms with Gasteiger partial charge in [-0.2, -0.15) is 5.10 Å². The van der Waals surface area contributed by atoms with E-state index < -0.39 is 11.6 Å². The fourth-order valence-corrected chi connectivity index (χ4v) is 2.95. The van der Waals surface area contributed by atoms with Crippen LogP contribution in [0, 0.1) is 25.5 Å².